The molecule has 3 aromatic carbocycles. The van der Waals surface area contributed by atoms with E-state index in [0.29, 0.717) is 25.7 Å². The Morgan fingerprint density at radius 2 is 1.24 bits per heavy atom. The number of esters is 1. The van der Waals surface area contributed by atoms with Crippen LogP contribution in [0.1, 0.15) is 38.5 Å². The molecule has 2 unspecified atom stereocenters. The molecule has 4 bridgehead atoms. The second kappa shape index (κ2) is 11.2. The van der Waals surface area contributed by atoms with Crippen LogP contribution in [0.4, 0.5) is 8.78 Å². The number of rotatable bonds is 7. The minimum atomic E-state index is -5.63. The zero-order valence-corrected chi connectivity index (χ0v) is 23.2. The van der Waals surface area contributed by atoms with E-state index in [-0.39, 0.29) is 18.3 Å². The van der Waals surface area contributed by atoms with Gasteiger partial charge >= 0.3 is 21.3 Å². The van der Waals surface area contributed by atoms with Crippen LogP contribution in [0.15, 0.2) is 91.0 Å². The third-order valence-electron chi connectivity index (χ3n) is 8.15. The van der Waals surface area contributed by atoms with Crippen molar-refractivity contribution in [3.8, 4) is 17.2 Å². The Morgan fingerprint density at radius 1 is 0.829 bits per heavy atom. The van der Waals surface area contributed by atoms with E-state index in [4.69, 9.17) is 4.55 Å². The van der Waals surface area contributed by atoms with Crippen molar-refractivity contribution in [2.24, 2.45) is 17.3 Å². The number of hydrogen-bond donors (Lipinski definition) is 2. The third-order valence-corrected chi connectivity index (χ3v) is 9.02. The summed E-state index contributed by atoms with van der Waals surface area (Å²) in [5.41, 5.74) is -1.96. The maximum atomic E-state index is 13.2. The molecule has 7 nitrogen and oxygen atoms in total. The molecule has 218 valence electrons. The standard InChI is InChI=1S/C18H15O.C13H18F2O6S/c1-4-10-16(11-5-1)19(17-12-6-2-7-13-17)18-14-8-3-9-15-18;14-13(15,22(18,19)20)7-21-10(16)11-2-8-1-9(3-11)5-12(17,4-8)6-11/h1-15H;8-9,17H,1-7H2,(H,18,19,20)/q+1;. The fourth-order valence-electron chi connectivity index (χ4n) is 6.91. The molecular weight excluding hydrogens is 554 g/mol. The van der Waals surface area contributed by atoms with E-state index in [0.717, 1.165) is 23.7 Å². The average Bonchev–Trinajstić information content (AvgIpc) is 2.92. The number of benzene rings is 3. The summed E-state index contributed by atoms with van der Waals surface area (Å²) in [5.74, 6) is 2.69. The van der Waals surface area contributed by atoms with E-state index in [1.165, 1.54) is 0 Å². The van der Waals surface area contributed by atoms with Crippen LogP contribution in [0.3, 0.4) is 0 Å². The van der Waals surface area contributed by atoms with Gasteiger partial charge in [0.1, 0.15) is 0 Å². The van der Waals surface area contributed by atoms with Gasteiger partial charge < -0.3 is 14.2 Å². The quantitative estimate of drug-likeness (QED) is 0.180. The molecular formula is C31H33F2O7S+. The van der Waals surface area contributed by atoms with Crippen LogP contribution in [-0.4, -0.2) is 41.5 Å². The Hall–Kier alpha value is -3.34. The van der Waals surface area contributed by atoms with Crippen molar-refractivity contribution >= 4 is 16.1 Å². The molecule has 0 aliphatic heterocycles. The molecule has 4 fully saturated rings. The summed E-state index contributed by atoms with van der Waals surface area (Å²) in [5, 5.41) is 5.96. The lowest BCUT2D eigenvalue weighted by atomic mass is 9.48. The van der Waals surface area contributed by atoms with Crippen molar-refractivity contribution in [3.05, 3.63) is 91.0 Å². The fraction of sp³-hybridized carbons (Fsp3) is 0.387. The first-order valence-electron chi connectivity index (χ1n) is 13.5. The molecule has 0 heterocycles. The van der Waals surface area contributed by atoms with Gasteiger partial charge in [-0.25, -0.2) is 0 Å². The highest BCUT2D eigenvalue weighted by molar-refractivity contribution is 7.86. The zero-order chi connectivity index (χ0) is 29.3. The Morgan fingerprint density at radius 3 is 1.61 bits per heavy atom. The molecule has 0 saturated heterocycles. The lowest BCUT2D eigenvalue weighted by Gasteiger charge is -2.58. The lowest BCUT2D eigenvalue weighted by Crippen LogP contribution is -2.58. The van der Waals surface area contributed by atoms with E-state index in [2.05, 4.69) is 45.5 Å². The second-order valence-electron chi connectivity index (χ2n) is 11.4. The maximum Gasteiger partial charge on any atom is 0.402 e. The summed E-state index contributed by atoms with van der Waals surface area (Å²) in [6, 6.07) is 30.9. The molecule has 0 spiro atoms. The highest BCUT2D eigenvalue weighted by Gasteiger charge is 2.61. The summed E-state index contributed by atoms with van der Waals surface area (Å²) in [6.07, 6.45) is 3.26. The van der Waals surface area contributed by atoms with Crippen molar-refractivity contribution in [3.63, 3.8) is 0 Å². The number of hydrogen-bond acceptors (Lipinski definition) is 5. The number of halogens is 2. The Balaban J connectivity index is 0.000000166. The van der Waals surface area contributed by atoms with Gasteiger partial charge in [0.05, 0.1) is 11.0 Å². The molecule has 3 aromatic rings. The monoisotopic (exact) mass is 587 g/mol. The highest BCUT2D eigenvalue weighted by Crippen LogP contribution is 2.62. The second-order valence-corrected chi connectivity index (χ2v) is 12.9. The first-order chi connectivity index (χ1) is 19.4. The molecule has 4 aliphatic rings. The molecule has 2 atom stereocenters. The summed E-state index contributed by atoms with van der Waals surface area (Å²) < 4.78 is 63.6. The molecule has 7 rings (SSSR count). The van der Waals surface area contributed by atoms with Gasteiger partial charge in [-0.05, 0) is 50.4 Å². The summed E-state index contributed by atoms with van der Waals surface area (Å²) in [7, 11) is -5.63. The molecule has 10 heteroatoms. The Kier molecular flexibility index (Phi) is 7.93. The fourth-order valence-corrected chi connectivity index (χ4v) is 7.12. The minimum absolute atomic E-state index is 0.167. The van der Waals surface area contributed by atoms with E-state index in [1.54, 1.807) is 0 Å². The van der Waals surface area contributed by atoms with Crippen molar-refractivity contribution < 1.29 is 40.8 Å². The van der Waals surface area contributed by atoms with Crippen LogP contribution in [-0.2, 0) is 19.6 Å². The Bertz CT molecular complexity index is 1340. The van der Waals surface area contributed by atoms with Crippen LogP contribution in [0.25, 0.3) is 0 Å². The van der Waals surface area contributed by atoms with Crippen LogP contribution in [0, 0.1) is 17.3 Å². The predicted molar refractivity (Wildman–Crippen MR) is 148 cm³/mol. The van der Waals surface area contributed by atoms with E-state index < -0.39 is 39.0 Å². The number of ether oxygens (including phenoxy) is 1. The van der Waals surface area contributed by atoms with Gasteiger partial charge in [-0.15, -0.1) is 0 Å². The maximum absolute atomic E-state index is 13.2. The number of alkyl halides is 2. The first-order valence-corrected chi connectivity index (χ1v) is 15.0. The number of para-hydroxylation sites is 3. The van der Waals surface area contributed by atoms with Crippen molar-refractivity contribution in [2.75, 3.05) is 6.61 Å². The Labute approximate surface area is 238 Å². The first kappa shape index (κ1) is 29.2. The van der Waals surface area contributed by atoms with E-state index >= 15 is 0 Å². The minimum Gasteiger partial charge on any atom is -0.499 e. The normalized spacial score (nSPS) is 26.5. The summed E-state index contributed by atoms with van der Waals surface area (Å²) in [4.78, 5) is 12.3. The summed E-state index contributed by atoms with van der Waals surface area (Å²) in [6.45, 7) is -1.71. The van der Waals surface area contributed by atoms with Gasteiger partial charge in [-0.3, -0.25) is 9.35 Å². The third kappa shape index (κ3) is 6.29. The van der Waals surface area contributed by atoms with Gasteiger partial charge in [0.15, 0.2) is 6.61 Å². The van der Waals surface area contributed by atoms with Gasteiger partial charge in [0.25, 0.3) is 17.2 Å². The van der Waals surface area contributed by atoms with Crippen LogP contribution in [0.5, 0.6) is 17.2 Å². The molecule has 4 aliphatic carbocycles. The van der Waals surface area contributed by atoms with Crippen LogP contribution in [0.2, 0.25) is 0 Å². The van der Waals surface area contributed by atoms with Crippen LogP contribution < -0.4 is 4.37 Å². The predicted octanol–water partition coefficient (Wildman–Crippen LogP) is 6.77. The molecule has 2 N–H and O–H groups in total. The largest absolute Gasteiger partial charge is 0.499 e. The highest BCUT2D eigenvalue weighted by atomic mass is 32.2. The van der Waals surface area contributed by atoms with Gasteiger partial charge in [0.2, 0.25) is 0 Å². The molecule has 41 heavy (non-hydrogen) atoms. The topological polar surface area (TPSA) is 104 Å². The van der Waals surface area contributed by atoms with Crippen molar-refractivity contribution in [1.29, 1.82) is 0 Å². The molecule has 0 amide bonds. The van der Waals surface area contributed by atoms with E-state index in [1.807, 2.05) is 54.6 Å². The van der Waals surface area contributed by atoms with Crippen molar-refractivity contribution in [2.45, 2.75) is 49.4 Å². The molecule has 0 aromatic heterocycles. The molecule has 0 radical (unpaired) electrons. The number of carbonyl (C=O) groups excluding carboxylic acids is 1. The van der Waals surface area contributed by atoms with E-state index in [9.17, 15) is 27.1 Å². The van der Waals surface area contributed by atoms with Crippen LogP contribution >= 0.6 is 0 Å². The lowest BCUT2D eigenvalue weighted by molar-refractivity contribution is -0.199. The smallest absolute Gasteiger partial charge is 0.402 e. The van der Waals surface area contributed by atoms with Gasteiger partial charge in [-0.2, -0.15) is 17.2 Å². The van der Waals surface area contributed by atoms with Gasteiger partial charge in [0, 0.05) is 36.4 Å². The average molecular weight is 588 g/mol. The zero-order valence-electron chi connectivity index (χ0n) is 22.4. The number of carbonyl (C=O) groups is 1. The van der Waals surface area contributed by atoms with Crippen molar-refractivity contribution in [1.82, 2.24) is 0 Å². The summed E-state index contributed by atoms with van der Waals surface area (Å²) >= 11 is 0. The molecule has 4 saturated carbocycles. The van der Waals surface area contributed by atoms with Gasteiger partial charge in [-0.1, -0.05) is 54.6 Å². The number of aliphatic hydroxyl groups is 1. The SMILES string of the molecule is O=C(OCC(F)(F)S(=O)(=O)O)C12CC3CC(CC(O)(C3)C1)C2.c1ccc([O+](c2ccccc2)c2ccccc2)cc1.